The average molecular weight is 288 g/mol. The molecule has 2 rings (SSSR count). The number of furan rings is 1. The molecule has 1 aromatic carbocycles. The van der Waals surface area contributed by atoms with Crippen molar-refractivity contribution >= 4 is 11.0 Å². The third-order valence-corrected chi connectivity index (χ3v) is 3.84. The molecule has 0 radical (unpaired) electrons. The lowest BCUT2D eigenvalue weighted by molar-refractivity contribution is 0.269. The molecule has 0 saturated carbocycles. The van der Waals surface area contributed by atoms with Crippen LogP contribution in [0.5, 0.6) is 0 Å². The van der Waals surface area contributed by atoms with Gasteiger partial charge in [0.15, 0.2) is 0 Å². The lowest BCUT2D eigenvalue weighted by Crippen LogP contribution is -2.35. The molecular weight excluding hydrogens is 260 g/mol. The van der Waals surface area contributed by atoms with Crippen molar-refractivity contribution in [2.75, 3.05) is 13.1 Å². The van der Waals surface area contributed by atoms with Gasteiger partial charge in [0.05, 0.1) is 6.54 Å². The molecule has 0 atom stereocenters. The fraction of sp³-hybridized carbons (Fsp3) is 0.556. The van der Waals surface area contributed by atoms with E-state index in [1.165, 1.54) is 10.9 Å². The standard InChI is InChI=1S/C18H28N2O/c1-6-20(7-2)13-17-15(12-19-18(3,4)5)14-10-8-9-11-16(14)21-17/h8-11,19H,6-7,12-13H2,1-5H3. The van der Waals surface area contributed by atoms with Gasteiger partial charge in [0.25, 0.3) is 0 Å². The van der Waals surface area contributed by atoms with Crippen molar-refractivity contribution in [3.63, 3.8) is 0 Å². The minimum Gasteiger partial charge on any atom is -0.459 e. The van der Waals surface area contributed by atoms with Gasteiger partial charge in [-0.25, -0.2) is 0 Å². The quantitative estimate of drug-likeness (QED) is 0.865. The van der Waals surface area contributed by atoms with Gasteiger partial charge in [-0.2, -0.15) is 0 Å². The fourth-order valence-electron chi connectivity index (χ4n) is 2.47. The van der Waals surface area contributed by atoms with Gasteiger partial charge in [-0.05, 0) is 39.9 Å². The van der Waals surface area contributed by atoms with Crippen molar-refractivity contribution in [1.82, 2.24) is 10.2 Å². The van der Waals surface area contributed by atoms with E-state index >= 15 is 0 Å². The molecule has 0 aliphatic heterocycles. The van der Waals surface area contributed by atoms with Crippen LogP contribution in [-0.4, -0.2) is 23.5 Å². The molecule has 3 nitrogen and oxygen atoms in total. The highest BCUT2D eigenvalue weighted by molar-refractivity contribution is 5.82. The molecular formula is C18H28N2O. The zero-order valence-corrected chi connectivity index (χ0v) is 14.0. The first-order valence-electron chi connectivity index (χ1n) is 7.91. The van der Waals surface area contributed by atoms with E-state index in [4.69, 9.17) is 4.42 Å². The molecule has 0 unspecified atom stereocenters. The molecule has 0 amide bonds. The van der Waals surface area contributed by atoms with Crippen LogP contribution in [0.4, 0.5) is 0 Å². The highest BCUT2D eigenvalue weighted by Crippen LogP contribution is 2.27. The van der Waals surface area contributed by atoms with E-state index in [-0.39, 0.29) is 5.54 Å². The molecule has 0 bridgehead atoms. The monoisotopic (exact) mass is 288 g/mol. The van der Waals surface area contributed by atoms with Crippen LogP contribution >= 0.6 is 0 Å². The lowest BCUT2D eigenvalue weighted by Gasteiger charge is -2.21. The maximum Gasteiger partial charge on any atom is 0.134 e. The van der Waals surface area contributed by atoms with Crippen LogP contribution in [0, 0.1) is 0 Å². The SMILES string of the molecule is CCN(CC)Cc1oc2ccccc2c1CNC(C)(C)C. The number of hydrogen-bond acceptors (Lipinski definition) is 3. The molecule has 116 valence electrons. The van der Waals surface area contributed by atoms with Gasteiger partial charge in [-0.1, -0.05) is 32.0 Å². The van der Waals surface area contributed by atoms with E-state index in [0.717, 1.165) is 37.5 Å². The molecule has 2 aromatic rings. The van der Waals surface area contributed by atoms with E-state index in [1.54, 1.807) is 0 Å². The van der Waals surface area contributed by atoms with Crippen LogP contribution in [0.15, 0.2) is 28.7 Å². The van der Waals surface area contributed by atoms with Crippen molar-refractivity contribution in [2.45, 2.75) is 53.2 Å². The summed E-state index contributed by atoms with van der Waals surface area (Å²) in [5.41, 5.74) is 2.39. The summed E-state index contributed by atoms with van der Waals surface area (Å²) in [6, 6.07) is 8.33. The summed E-state index contributed by atoms with van der Waals surface area (Å²) < 4.78 is 6.12. The summed E-state index contributed by atoms with van der Waals surface area (Å²) in [7, 11) is 0. The van der Waals surface area contributed by atoms with Crippen molar-refractivity contribution in [2.24, 2.45) is 0 Å². The van der Waals surface area contributed by atoms with Crippen molar-refractivity contribution in [3.8, 4) is 0 Å². The summed E-state index contributed by atoms with van der Waals surface area (Å²) >= 11 is 0. The summed E-state index contributed by atoms with van der Waals surface area (Å²) in [4.78, 5) is 2.39. The number of nitrogens with zero attached hydrogens (tertiary/aromatic N) is 1. The van der Waals surface area contributed by atoms with Crippen LogP contribution in [0.25, 0.3) is 11.0 Å². The Hall–Kier alpha value is -1.32. The molecule has 3 heteroatoms. The van der Waals surface area contributed by atoms with Crippen molar-refractivity contribution < 1.29 is 4.42 Å². The first-order chi connectivity index (χ1) is 9.94. The maximum absolute atomic E-state index is 6.12. The Morgan fingerprint density at radius 2 is 1.76 bits per heavy atom. The van der Waals surface area contributed by atoms with Gasteiger partial charge in [0.2, 0.25) is 0 Å². The Kier molecular flexibility index (Phi) is 5.07. The fourth-order valence-corrected chi connectivity index (χ4v) is 2.47. The molecule has 1 heterocycles. The summed E-state index contributed by atoms with van der Waals surface area (Å²) in [6.45, 7) is 14.8. The van der Waals surface area contributed by atoms with E-state index in [1.807, 2.05) is 6.07 Å². The second kappa shape index (κ2) is 6.63. The Morgan fingerprint density at radius 1 is 1.10 bits per heavy atom. The van der Waals surface area contributed by atoms with Gasteiger partial charge < -0.3 is 9.73 Å². The zero-order valence-electron chi connectivity index (χ0n) is 14.0. The smallest absolute Gasteiger partial charge is 0.134 e. The molecule has 1 N–H and O–H groups in total. The van der Waals surface area contributed by atoms with Crippen molar-refractivity contribution in [1.29, 1.82) is 0 Å². The highest BCUT2D eigenvalue weighted by Gasteiger charge is 2.18. The molecule has 0 aliphatic rings. The third kappa shape index (κ3) is 4.08. The first-order valence-corrected chi connectivity index (χ1v) is 7.91. The summed E-state index contributed by atoms with van der Waals surface area (Å²) in [5, 5.41) is 4.82. The van der Waals surface area contributed by atoms with Crippen molar-refractivity contribution in [3.05, 3.63) is 35.6 Å². The van der Waals surface area contributed by atoms with Gasteiger partial charge >= 0.3 is 0 Å². The Morgan fingerprint density at radius 3 is 2.38 bits per heavy atom. The minimum atomic E-state index is 0.102. The molecule has 1 aromatic heterocycles. The zero-order chi connectivity index (χ0) is 15.5. The highest BCUT2D eigenvalue weighted by atomic mass is 16.3. The number of benzene rings is 1. The minimum absolute atomic E-state index is 0.102. The normalized spacial score (nSPS) is 12.5. The van der Waals surface area contributed by atoms with Crippen LogP contribution in [0.3, 0.4) is 0 Å². The van der Waals surface area contributed by atoms with Crippen LogP contribution < -0.4 is 5.32 Å². The van der Waals surface area contributed by atoms with Gasteiger partial charge in [0.1, 0.15) is 11.3 Å². The molecule has 0 aliphatic carbocycles. The van der Waals surface area contributed by atoms with Gasteiger partial charge in [0, 0.05) is 23.0 Å². The predicted molar refractivity (Wildman–Crippen MR) is 89.4 cm³/mol. The largest absolute Gasteiger partial charge is 0.459 e. The number of fused-ring (bicyclic) bond motifs is 1. The summed E-state index contributed by atoms with van der Waals surface area (Å²) in [5.74, 6) is 1.09. The predicted octanol–water partition coefficient (Wildman–Crippen LogP) is 4.16. The average Bonchev–Trinajstić information content (AvgIpc) is 2.79. The Balaban J connectivity index is 2.33. The molecule has 0 saturated heterocycles. The Bertz CT molecular complexity index is 576. The molecule has 21 heavy (non-hydrogen) atoms. The number of rotatable bonds is 6. The lowest BCUT2D eigenvalue weighted by atomic mass is 10.1. The Labute approximate surface area is 128 Å². The topological polar surface area (TPSA) is 28.4 Å². The van der Waals surface area contributed by atoms with E-state index < -0.39 is 0 Å². The maximum atomic E-state index is 6.12. The van der Waals surface area contributed by atoms with Crippen LogP contribution in [-0.2, 0) is 13.1 Å². The summed E-state index contributed by atoms with van der Waals surface area (Å²) in [6.07, 6.45) is 0. The number of nitrogens with one attached hydrogen (secondary N) is 1. The van der Waals surface area contributed by atoms with Gasteiger partial charge in [-0.3, -0.25) is 4.90 Å². The number of hydrogen-bond donors (Lipinski definition) is 1. The molecule has 0 spiro atoms. The van der Waals surface area contributed by atoms with Gasteiger partial charge in [-0.15, -0.1) is 0 Å². The van der Waals surface area contributed by atoms with E-state index in [0.29, 0.717) is 0 Å². The second-order valence-electron chi connectivity index (χ2n) is 6.56. The van der Waals surface area contributed by atoms with Crippen LogP contribution in [0.2, 0.25) is 0 Å². The van der Waals surface area contributed by atoms with E-state index in [2.05, 4.69) is 63.0 Å². The number of para-hydroxylation sites is 1. The van der Waals surface area contributed by atoms with E-state index in [9.17, 15) is 0 Å². The first kappa shape index (κ1) is 16.1. The van der Waals surface area contributed by atoms with Crippen LogP contribution in [0.1, 0.15) is 45.9 Å². The third-order valence-electron chi connectivity index (χ3n) is 3.84. The second-order valence-corrected chi connectivity index (χ2v) is 6.56. The molecule has 0 fully saturated rings.